The second-order valence-electron chi connectivity index (χ2n) is 5.67. The summed E-state index contributed by atoms with van der Waals surface area (Å²) in [5.41, 5.74) is 1.93. The Kier molecular flexibility index (Phi) is 5.20. The van der Waals surface area contributed by atoms with Crippen LogP contribution >= 0.6 is 11.8 Å². The predicted octanol–water partition coefficient (Wildman–Crippen LogP) is 1.84. The number of hydrogen-bond donors (Lipinski definition) is 1. The number of imidazole rings is 1. The van der Waals surface area contributed by atoms with Crippen LogP contribution in [-0.2, 0) is 16.1 Å². The van der Waals surface area contributed by atoms with Gasteiger partial charge in [0.1, 0.15) is 6.54 Å². The Morgan fingerprint density at radius 1 is 1.38 bits per heavy atom. The molecular formula is C17H20N4O2S. The molecule has 1 aliphatic heterocycles. The topological polar surface area (TPSA) is 67.2 Å². The molecule has 0 radical (unpaired) electrons. The molecular weight excluding hydrogens is 324 g/mol. The van der Waals surface area contributed by atoms with Crippen molar-refractivity contribution in [2.24, 2.45) is 0 Å². The third-order valence-corrected chi connectivity index (χ3v) is 4.98. The predicted molar refractivity (Wildman–Crippen MR) is 94.1 cm³/mol. The van der Waals surface area contributed by atoms with E-state index in [2.05, 4.69) is 10.3 Å². The Hall–Kier alpha value is -2.28. The third-order valence-electron chi connectivity index (χ3n) is 3.93. The summed E-state index contributed by atoms with van der Waals surface area (Å²) in [6.07, 6.45) is 4.43. The van der Waals surface area contributed by atoms with Gasteiger partial charge in [0.15, 0.2) is 0 Å². The lowest BCUT2D eigenvalue weighted by molar-refractivity contribution is -0.123. The SMILES string of the molecule is Cc1cncn1CCCNC(=O)CN1C(=O)CSc2ccccc21. The van der Waals surface area contributed by atoms with Gasteiger partial charge in [0.25, 0.3) is 0 Å². The number of aryl methyl sites for hydroxylation is 2. The number of nitrogens with one attached hydrogen (secondary N) is 1. The number of hydrogen-bond acceptors (Lipinski definition) is 4. The van der Waals surface area contributed by atoms with E-state index in [-0.39, 0.29) is 18.4 Å². The minimum absolute atomic E-state index is 0.0251. The van der Waals surface area contributed by atoms with Crippen LogP contribution in [0.25, 0.3) is 0 Å². The van der Waals surface area contributed by atoms with Gasteiger partial charge in [-0.3, -0.25) is 9.59 Å². The number of fused-ring (bicyclic) bond motifs is 1. The number of carbonyl (C=O) groups is 2. The molecule has 1 aromatic carbocycles. The molecule has 7 heteroatoms. The molecule has 0 atom stereocenters. The van der Waals surface area contributed by atoms with E-state index < -0.39 is 0 Å². The van der Waals surface area contributed by atoms with Gasteiger partial charge in [-0.25, -0.2) is 4.98 Å². The fourth-order valence-electron chi connectivity index (χ4n) is 2.63. The quantitative estimate of drug-likeness (QED) is 0.812. The number of rotatable bonds is 6. The van der Waals surface area contributed by atoms with E-state index in [9.17, 15) is 9.59 Å². The molecule has 0 spiro atoms. The zero-order valence-electron chi connectivity index (χ0n) is 13.6. The van der Waals surface area contributed by atoms with Crippen molar-refractivity contribution < 1.29 is 9.59 Å². The van der Waals surface area contributed by atoms with Crippen LogP contribution in [0.3, 0.4) is 0 Å². The lowest BCUT2D eigenvalue weighted by atomic mass is 10.2. The molecule has 24 heavy (non-hydrogen) atoms. The molecule has 0 bridgehead atoms. The average molecular weight is 344 g/mol. The van der Waals surface area contributed by atoms with Crippen LogP contribution < -0.4 is 10.2 Å². The van der Waals surface area contributed by atoms with Crippen LogP contribution in [0.2, 0.25) is 0 Å². The molecule has 126 valence electrons. The largest absolute Gasteiger partial charge is 0.354 e. The van der Waals surface area contributed by atoms with E-state index >= 15 is 0 Å². The van der Waals surface area contributed by atoms with Crippen molar-refractivity contribution in [1.82, 2.24) is 14.9 Å². The highest BCUT2D eigenvalue weighted by Gasteiger charge is 2.25. The minimum atomic E-state index is -0.132. The Bertz CT molecular complexity index is 744. The zero-order chi connectivity index (χ0) is 16.9. The third kappa shape index (κ3) is 3.79. The van der Waals surface area contributed by atoms with Crippen LogP contribution in [0.15, 0.2) is 41.7 Å². The normalized spacial score (nSPS) is 13.7. The van der Waals surface area contributed by atoms with Gasteiger partial charge in [-0.05, 0) is 25.5 Å². The average Bonchev–Trinajstić information content (AvgIpc) is 2.99. The molecule has 0 fully saturated rings. The highest BCUT2D eigenvalue weighted by atomic mass is 32.2. The summed E-state index contributed by atoms with van der Waals surface area (Å²) >= 11 is 1.52. The van der Waals surface area contributed by atoms with Crippen molar-refractivity contribution in [3.63, 3.8) is 0 Å². The first-order valence-electron chi connectivity index (χ1n) is 7.91. The second kappa shape index (κ2) is 7.53. The number of carbonyl (C=O) groups excluding carboxylic acids is 2. The van der Waals surface area contributed by atoms with Crippen LogP contribution in [0.1, 0.15) is 12.1 Å². The molecule has 0 aliphatic carbocycles. The lowest BCUT2D eigenvalue weighted by Crippen LogP contribution is -2.43. The van der Waals surface area contributed by atoms with E-state index in [4.69, 9.17) is 0 Å². The van der Waals surface area contributed by atoms with Crippen LogP contribution in [0.4, 0.5) is 5.69 Å². The van der Waals surface area contributed by atoms with Gasteiger partial charge in [0, 0.05) is 29.9 Å². The van der Waals surface area contributed by atoms with E-state index in [0.29, 0.717) is 12.3 Å². The van der Waals surface area contributed by atoms with Gasteiger partial charge < -0.3 is 14.8 Å². The fraction of sp³-hybridized carbons (Fsp3) is 0.353. The molecule has 0 saturated heterocycles. The summed E-state index contributed by atoms with van der Waals surface area (Å²) in [6, 6.07) is 7.69. The maximum Gasteiger partial charge on any atom is 0.240 e. The Morgan fingerprint density at radius 2 is 2.21 bits per heavy atom. The van der Waals surface area contributed by atoms with E-state index in [1.165, 1.54) is 11.8 Å². The van der Waals surface area contributed by atoms with Crippen LogP contribution in [-0.4, -0.2) is 40.2 Å². The van der Waals surface area contributed by atoms with Gasteiger partial charge in [0.05, 0.1) is 17.8 Å². The highest BCUT2D eigenvalue weighted by molar-refractivity contribution is 8.00. The zero-order valence-corrected chi connectivity index (χ0v) is 14.4. The van der Waals surface area contributed by atoms with Gasteiger partial charge in [-0.1, -0.05) is 12.1 Å². The number of para-hydroxylation sites is 1. The van der Waals surface area contributed by atoms with Gasteiger partial charge in [-0.15, -0.1) is 11.8 Å². The summed E-state index contributed by atoms with van der Waals surface area (Å²) in [6.45, 7) is 3.46. The molecule has 2 aromatic rings. The van der Waals surface area contributed by atoms with Crippen molar-refractivity contribution in [3.8, 4) is 0 Å². The van der Waals surface area contributed by atoms with Crippen LogP contribution in [0.5, 0.6) is 0 Å². The highest BCUT2D eigenvalue weighted by Crippen LogP contribution is 2.34. The molecule has 0 unspecified atom stereocenters. The van der Waals surface area contributed by atoms with Gasteiger partial charge >= 0.3 is 0 Å². The molecule has 1 aliphatic rings. The van der Waals surface area contributed by atoms with Gasteiger partial charge in [-0.2, -0.15) is 0 Å². The molecule has 3 rings (SSSR count). The Balaban J connectivity index is 1.50. The molecule has 2 amide bonds. The first kappa shape index (κ1) is 16.6. The van der Waals surface area contributed by atoms with E-state index in [1.807, 2.05) is 42.0 Å². The number of anilines is 1. The minimum Gasteiger partial charge on any atom is -0.354 e. The van der Waals surface area contributed by atoms with Crippen molar-refractivity contribution in [2.45, 2.75) is 24.8 Å². The summed E-state index contributed by atoms with van der Waals surface area (Å²) in [7, 11) is 0. The summed E-state index contributed by atoms with van der Waals surface area (Å²) in [5.74, 6) is 0.222. The van der Waals surface area contributed by atoms with Crippen LogP contribution in [0, 0.1) is 6.92 Å². The molecule has 1 N–H and O–H groups in total. The standard InChI is InChI=1S/C17H20N4O2S/c1-13-9-18-12-20(13)8-4-7-19-16(22)10-21-14-5-2-3-6-15(14)24-11-17(21)23/h2-3,5-6,9,12H,4,7-8,10-11H2,1H3,(H,19,22). The van der Waals surface area contributed by atoms with Crippen molar-refractivity contribution >= 4 is 29.3 Å². The molecule has 6 nitrogen and oxygen atoms in total. The summed E-state index contributed by atoms with van der Waals surface area (Å²) < 4.78 is 2.05. The Labute approximate surface area is 145 Å². The summed E-state index contributed by atoms with van der Waals surface area (Å²) in [4.78, 5) is 31.0. The smallest absolute Gasteiger partial charge is 0.240 e. The van der Waals surface area contributed by atoms with Gasteiger partial charge in [0.2, 0.25) is 11.8 Å². The number of aromatic nitrogens is 2. The number of thioether (sulfide) groups is 1. The number of nitrogens with zero attached hydrogens (tertiary/aromatic N) is 3. The Morgan fingerprint density at radius 3 is 3.00 bits per heavy atom. The van der Waals surface area contributed by atoms with Crippen molar-refractivity contribution in [3.05, 3.63) is 42.5 Å². The van der Waals surface area contributed by atoms with E-state index in [0.717, 1.165) is 29.2 Å². The second-order valence-corrected chi connectivity index (χ2v) is 6.69. The monoisotopic (exact) mass is 344 g/mol. The molecule has 2 heterocycles. The van der Waals surface area contributed by atoms with Crippen molar-refractivity contribution in [2.75, 3.05) is 23.7 Å². The molecule has 0 saturated carbocycles. The summed E-state index contributed by atoms with van der Waals surface area (Å²) in [5, 5.41) is 2.89. The van der Waals surface area contributed by atoms with E-state index in [1.54, 1.807) is 11.2 Å². The maximum absolute atomic E-state index is 12.2. The lowest BCUT2D eigenvalue weighted by Gasteiger charge is -2.28. The fourth-order valence-corrected chi connectivity index (χ4v) is 3.56. The first-order chi connectivity index (χ1) is 11.6. The number of benzene rings is 1. The number of amides is 2. The van der Waals surface area contributed by atoms with Crippen molar-refractivity contribution in [1.29, 1.82) is 0 Å². The molecule has 1 aromatic heterocycles. The first-order valence-corrected chi connectivity index (χ1v) is 8.89. The maximum atomic E-state index is 12.2.